The van der Waals surface area contributed by atoms with Crippen molar-refractivity contribution in [3.05, 3.63) is 0 Å². The van der Waals surface area contributed by atoms with Crippen LogP contribution in [0.4, 0.5) is 0 Å². The van der Waals surface area contributed by atoms with Gasteiger partial charge in [-0.05, 0) is 25.7 Å². The molecule has 0 aromatic carbocycles. The molecule has 2 aliphatic rings. The van der Waals surface area contributed by atoms with E-state index in [-0.39, 0.29) is 11.6 Å². The van der Waals surface area contributed by atoms with Gasteiger partial charge in [-0.2, -0.15) is 0 Å². The molecule has 15 heavy (non-hydrogen) atoms. The molecule has 0 aromatic rings. The van der Waals surface area contributed by atoms with E-state index >= 15 is 0 Å². The summed E-state index contributed by atoms with van der Waals surface area (Å²) < 4.78 is 5.32. The lowest BCUT2D eigenvalue weighted by Gasteiger charge is -2.32. The molecule has 4 heteroatoms. The molecular formula is C11H16O4. The maximum absolute atomic E-state index is 11.5. The Morgan fingerprint density at radius 1 is 1.20 bits per heavy atom. The van der Waals surface area contributed by atoms with Crippen LogP contribution in [-0.4, -0.2) is 28.6 Å². The Labute approximate surface area is 88.6 Å². The minimum atomic E-state index is -1.68. The summed E-state index contributed by atoms with van der Waals surface area (Å²) in [5, 5.41) is 9.99. The summed E-state index contributed by atoms with van der Waals surface area (Å²) in [5.41, 5.74) is 0. The molecular weight excluding hydrogens is 196 g/mol. The molecule has 0 aromatic heterocycles. The number of ether oxygens (including phenoxy) is 1. The van der Waals surface area contributed by atoms with Crippen molar-refractivity contribution in [2.75, 3.05) is 0 Å². The summed E-state index contributed by atoms with van der Waals surface area (Å²) in [5.74, 6) is -1.93. The van der Waals surface area contributed by atoms with Crippen LogP contribution in [0, 0.1) is 0 Å². The fourth-order valence-corrected chi connectivity index (χ4v) is 2.25. The summed E-state index contributed by atoms with van der Waals surface area (Å²) in [6.07, 6.45) is 3.66. The molecule has 0 heterocycles. The van der Waals surface area contributed by atoms with Crippen LogP contribution in [0.25, 0.3) is 0 Å². The van der Waals surface area contributed by atoms with Crippen LogP contribution in [0.1, 0.15) is 44.9 Å². The van der Waals surface area contributed by atoms with E-state index in [2.05, 4.69) is 0 Å². The molecule has 0 radical (unpaired) electrons. The molecule has 84 valence electrons. The van der Waals surface area contributed by atoms with Crippen molar-refractivity contribution >= 4 is 11.6 Å². The average Bonchev–Trinajstić information content (AvgIpc) is 2.58. The lowest BCUT2D eigenvalue weighted by molar-refractivity contribution is -0.227. The minimum Gasteiger partial charge on any atom is -0.360 e. The second kappa shape index (κ2) is 4.02. The molecule has 2 rings (SSSR count). The van der Waals surface area contributed by atoms with Crippen LogP contribution in [-0.2, 0) is 14.3 Å². The molecule has 0 amide bonds. The zero-order valence-corrected chi connectivity index (χ0v) is 8.70. The SMILES string of the molecule is O=C1CCCC1OC1(O)CCCCC1=O. The van der Waals surface area contributed by atoms with Gasteiger partial charge >= 0.3 is 0 Å². The highest BCUT2D eigenvalue weighted by atomic mass is 16.6. The number of Topliss-reactive ketones (excluding diaryl/α,β-unsaturated/α-hetero) is 2. The maximum atomic E-state index is 11.5. The second-order valence-corrected chi connectivity index (χ2v) is 4.38. The van der Waals surface area contributed by atoms with E-state index in [1.165, 1.54) is 0 Å². The standard InChI is InChI=1S/C11H16O4/c12-8-4-3-5-9(8)15-11(14)7-2-1-6-10(11)13/h9,14H,1-7H2. The van der Waals surface area contributed by atoms with Crippen LogP contribution in [0.15, 0.2) is 0 Å². The molecule has 0 bridgehead atoms. The third kappa shape index (κ3) is 2.11. The summed E-state index contributed by atoms with van der Waals surface area (Å²) in [6, 6.07) is 0. The zero-order chi connectivity index (χ0) is 10.9. The number of rotatable bonds is 2. The van der Waals surface area contributed by atoms with Crippen molar-refractivity contribution in [2.24, 2.45) is 0 Å². The van der Waals surface area contributed by atoms with Crippen LogP contribution < -0.4 is 0 Å². The molecule has 2 atom stereocenters. The van der Waals surface area contributed by atoms with Gasteiger partial charge in [0, 0.05) is 19.3 Å². The largest absolute Gasteiger partial charge is 0.360 e. The van der Waals surface area contributed by atoms with E-state index in [9.17, 15) is 14.7 Å². The van der Waals surface area contributed by atoms with Crippen LogP contribution in [0.3, 0.4) is 0 Å². The third-order valence-electron chi connectivity index (χ3n) is 3.19. The fourth-order valence-electron chi connectivity index (χ4n) is 2.25. The number of ketones is 2. The fraction of sp³-hybridized carbons (Fsp3) is 0.818. The summed E-state index contributed by atoms with van der Waals surface area (Å²) in [6.45, 7) is 0. The highest BCUT2D eigenvalue weighted by molar-refractivity contribution is 5.88. The smallest absolute Gasteiger partial charge is 0.227 e. The number of carbonyl (C=O) groups excluding carboxylic acids is 2. The van der Waals surface area contributed by atoms with Gasteiger partial charge in [0.25, 0.3) is 0 Å². The van der Waals surface area contributed by atoms with Gasteiger partial charge in [0.2, 0.25) is 5.79 Å². The highest BCUT2D eigenvalue weighted by Crippen LogP contribution is 2.30. The van der Waals surface area contributed by atoms with Gasteiger partial charge in [0.05, 0.1) is 0 Å². The van der Waals surface area contributed by atoms with Gasteiger partial charge in [-0.1, -0.05) is 0 Å². The van der Waals surface area contributed by atoms with Gasteiger partial charge in [-0.25, -0.2) is 0 Å². The lowest BCUT2D eigenvalue weighted by atomic mass is 9.92. The van der Waals surface area contributed by atoms with E-state index < -0.39 is 11.9 Å². The zero-order valence-electron chi connectivity index (χ0n) is 8.70. The van der Waals surface area contributed by atoms with E-state index in [4.69, 9.17) is 4.74 Å². The molecule has 2 fully saturated rings. The Hall–Kier alpha value is -0.740. The Balaban J connectivity index is 2.02. The number of hydrogen-bond acceptors (Lipinski definition) is 4. The quantitative estimate of drug-likeness (QED) is 0.692. The Kier molecular flexibility index (Phi) is 2.89. The van der Waals surface area contributed by atoms with Gasteiger partial charge in [-0.15, -0.1) is 0 Å². The van der Waals surface area contributed by atoms with Crippen LogP contribution in [0.5, 0.6) is 0 Å². The lowest BCUT2D eigenvalue weighted by Crippen LogP contribution is -2.47. The first kappa shape index (κ1) is 10.8. The number of carbonyl (C=O) groups is 2. The van der Waals surface area contributed by atoms with Gasteiger partial charge in [-0.3, -0.25) is 9.59 Å². The highest BCUT2D eigenvalue weighted by Gasteiger charge is 2.43. The molecule has 4 nitrogen and oxygen atoms in total. The predicted octanol–water partition coefficient (Wildman–Crippen LogP) is 0.956. The van der Waals surface area contributed by atoms with Crippen molar-refractivity contribution in [2.45, 2.75) is 56.8 Å². The van der Waals surface area contributed by atoms with E-state index in [0.29, 0.717) is 25.7 Å². The van der Waals surface area contributed by atoms with E-state index in [1.807, 2.05) is 0 Å². The molecule has 0 spiro atoms. The van der Waals surface area contributed by atoms with Gasteiger partial charge < -0.3 is 9.84 Å². The molecule has 2 saturated carbocycles. The Morgan fingerprint density at radius 3 is 2.60 bits per heavy atom. The van der Waals surface area contributed by atoms with Crippen molar-refractivity contribution in [3.8, 4) is 0 Å². The maximum Gasteiger partial charge on any atom is 0.227 e. The predicted molar refractivity (Wildman–Crippen MR) is 52.2 cm³/mol. The van der Waals surface area contributed by atoms with Crippen molar-refractivity contribution in [3.63, 3.8) is 0 Å². The molecule has 2 unspecified atom stereocenters. The first-order valence-corrected chi connectivity index (χ1v) is 5.58. The first-order valence-electron chi connectivity index (χ1n) is 5.58. The normalized spacial score (nSPS) is 37.3. The van der Waals surface area contributed by atoms with Crippen molar-refractivity contribution < 1.29 is 19.4 Å². The average molecular weight is 212 g/mol. The van der Waals surface area contributed by atoms with Crippen LogP contribution in [0.2, 0.25) is 0 Å². The molecule has 1 N–H and O–H groups in total. The van der Waals surface area contributed by atoms with E-state index in [0.717, 1.165) is 19.3 Å². The van der Waals surface area contributed by atoms with Gasteiger partial charge in [0.1, 0.15) is 6.10 Å². The monoisotopic (exact) mass is 212 g/mol. The minimum absolute atomic E-state index is 0.0156. The molecule has 2 aliphatic carbocycles. The van der Waals surface area contributed by atoms with E-state index in [1.54, 1.807) is 0 Å². The van der Waals surface area contributed by atoms with Crippen molar-refractivity contribution in [1.29, 1.82) is 0 Å². The second-order valence-electron chi connectivity index (χ2n) is 4.38. The number of hydrogen-bond donors (Lipinski definition) is 1. The number of aliphatic hydroxyl groups is 1. The topological polar surface area (TPSA) is 63.6 Å². The molecule has 0 saturated heterocycles. The summed E-state index contributed by atoms with van der Waals surface area (Å²) >= 11 is 0. The first-order chi connectivity index (χ1) is 7.12. The van der Waals surface area contributed by atoms with Crippen LogP contribution >= 0.6 is 0 Å². The Bertz CT molecular complexity index is 286. The van der Waals surface area contributed by atoms with Crippen molar-refractivity contribution in [1.82, 2.24) is 0 Å². The third-order valence-corrected chi connectivity index (χ3v) is 3.19. The van der Waals surface area contributed by atoms with Gasteiger partial charge in [0.15, 0.2) is 11.6 Å². The Morgan fingerprint density at radius 2 is 2.00 bits per heavy atom. The molecule has 0 aliphatic heterocycles. The summed E-state index contributed by atoms with van der Waals surface area (Å²) in [4.78, 5) is 22.9. The summed E-state index contributed by atoms with van der Waals surface area (Å²) in [7, 11) is 0.